The molecule has 1 heterocycles. The predicted octanol–water partition coefficient (Wildman–Crippen LogP) is 7.03. The van der Waals surface area contributed by atoms with E-state index in [9.17, 15) is 23.3 Å². The lowest BCUT2D eigenvalue weighted by atomic mass is 9.84. The monoisotopic (exact) mass is 751 g/mol. The molecule has 0 saturated carbocycles. The molecule has 51 heavy (non-hydrogen) atoms. The molecule has 1 amide bonds. The lowest BCUT2D eigenvalue weighted by Crippen LogP contribution is -2.44. The molecule has 1 saturated heterocycles. The number of piperidine rings is 1. The number of thioether (sulfide) groups is 1. The van der Waals surface area contributed by atoms with E-state index < -0.39 is 32.1 Å². The Morgan fingerprint density at radius 3 is 2.31 bits per heavy atom. The Morgan fingerprint density at radius 1 is 1.02 bits per heavy atom. The van der Waals surface area contributed by atoms with Gasteiger partial charge in [-0.25, -0.2) is 13.1 Å². The van der Waals surface area contributed by atoms with Gasteiger partial charge in [0, 0.05) is 64.8 Å². The van der Waals surface area contributed by atoms with Crippen LogP contribution in [-0.2, 0) is 20.4 Å². The first kappa shape index (κ1) is 38.1. The molecule has 0 aromatic heterocycles. The van der Waals surface area contributed by atoms with E-state index in [1.54, 1.807) is 43.1 Å². The fourth-order valence-electron chi connectivity index (χ4n) is 6.10. The molecule has 5 rings (SSSR count). The van der Waals surface area contributed by atoms with Crippen molar-refractivity contribution in [1.82, 2.24) is 9.62 Å². The summed E-state index contributed by atoms with van der Waals surface area (Å²) in [5.41, 5.74) is 1.27. The normalized spacial score (nSPS) is 15.0. The molecule has 4 aromatic carbocycles. The molecule has 14 heteroatoms. The van der Waals surface area contributed by atoms with Crippen LogP contribution >= 0.6 is 23.4 Å². The Labute approximate surface area is 308 Å². The van der Waals surface area contributed by atoms with E-state index in [2.05, 4.69) is 14.9 Å². The van der Waals surface area contributed by atoms with Gasteiger partial charge in [-0.15, -0.1) is 11.8 Å². The van der Waals surface area contributed by atoms with Gasteiger partial charge in [-0.2, -0.15) is 0 Å². The summed E-state index contributed by atoms with van der Waals surface area (Å²) in [7, 11) is 1.17. The molecule has 270 valence electrons. The molecule has 11 nitrogen and oxygen atoms in total. The van der Waals surface area contributed by atoms with Gasteiger partial charge in [0.25, 0.3) is 21.6 Å². The Bertz CT molecular complexity index is 1920. The number of hydrogen-bond donors (Lipinski definition) is 2. The van der Waals surface area contributed by atoms with Crippen LogP contribution in [0.15, 0.2) is 107 Å². The van der Waals surface area contributed by atoms with Crippen molar-refractivity contribution < 1.29 is 22.9 Å². The zero-order valence-corrected chi connectivity index (χ0v) is 31.1. The van der Waals surface area contributed by atoms with Crippen molar-refractivity contribution >= 4 is 56.4 Å². The van der Waals surface area contributed by atoms with E-state index in [1.807, 2.05) is 73.6 Å². The molecule has 1 aliphatic heterocycles. The van der Waals surface area contributed by atoms with Gasteiger partial charge in [0.15, 0.2) is 0 Å². The van der Waals surface area contributed by atoms with Crippen LogP contribution in [0.2, 0.25) is 5.02 Å². The van der Waals surface area contributed by atoms with E-state index in [-0.39, 0.29) is 22.2 Å². The van der Waals surface area contributed by atoms with Crippen LogP contribution in [0.3, 0.4) is 0 Å². The number of sulfonamides is 1. The van der Waals surface area contributed by atoms with Crippen molar-refractivity contribution in [3.63, 3.8) is 0 Å². The number of methoxy groups -OCH3 is 1. The average Bonchev–Trinajstić information content (AvgIpc) is 3.13. The number of benzene rings is 4. The highest BCUT2D eigenvalue weighted by Gasteiger charge is 2.38. The summed E-state index contributed by atoms with van der Waals surface area (Å²) in [5, 5.41) is 16.1. The maximum absolute atomic E-state index is 13.3. The summed E-state index contributed by atoms with van der Waals surface area (Å²) < 4.78 is 34.6. The highest BCUT2D eigenvalue weighted by atomic mass is 35.5. The third-order valence-corrected chi connectivity index (χ3v) is 11.8. The van der Waals surface area contributed by atoms with E-state index in [1.165, 1.54) is 12.1 Å². The second-order valence-corrected chi connectivity index (χ2v) is 15.8. The lowest BCUT2D eigenvalue weighted by Gasteiger charge is -2.42. The Hall–Kier alpha value is -4.14. The maximum Gasteiger partial charge on any atom is 0.293 e. The van der Waals surface area contributed by atoms with Gasteiger partial charge in [0.2, 0.25) is 0 Å². The first-order valence-corrected chi connectivity index (χ1v) is 19.4. The molecule has 1 atom stereocenters. The molecule has 0 spiro atoms. The standard InChI is InChI=1S/C37H42ClN5O6S2/c1-41(2)22-19-28(26-50-30-9-5-4-6-10-30)39-34-18-17-31(25-35(34)43(45)46)51(47,48)40-36(44)27-13-15-29(16-14-27)42-23-20-37(49-3,21-24-42)32-11-7-8-12-33(32)38/h4-18,25,28,39H,19-24,26H2,1-3H3,(H,40,44)/t28-/m1/s1. The van der Waals surface area contributed by atoms with Crippen LogP contribution in [0.1, 0.15) is 35.2 Å². The minimum Gasteiger partial charge on any atom is -0.376 e. The van der Waals surface area contributed by atoms with Crippen molar-refractivity contribution in [2.75, 3.05) is 56.8 Å². The zero-order chi connectivity index (χ0) is 36.6. The van der Waals surface area contributed by atoms with E-state index >= 15 is 0 Å². The first-order chi connectivity index (χ1) is 24.4. The number of anilines is 2. The van der Waals surface area contributed by atoms with Gasteiger partial charge in [-0.05, 0) is 94.5 Å². The number of nitro groups is 1. The summed E-state index contributed by atoms with van der Waals surface area (Å²) in [6.07, 6.45) is 2.11. The fraction of sp³-hybridized carbons (Fsp3) is 0.324. The smallest absolute Gasteiger partial charge is 0.293 e. The van der Waals surface area contributed by atoms with Crippen LogP contribution in [0.4, 0.5) is 17.1 Å². The number of carbonyl (C=O) groups excluding carboxylic acids is 1. The summed E-state index contributed by atoms with van der Waals surface area (Å²) in [5.74, 6) is -0.207. The number of halogens is 1. The minimum atomic E-state index is -4.43. The van der Waals surface area contributed by atoms with Crippen LogP contribution < -0.4 is 14.9 Å². The van der Waals surface area contributed by atoms with E-state index in [0.29, 0.717) is 43.1 Å². The average molecular weight is 752 g/mol. The molecule has 2 N–H and O–H groups in total. The maximum atomic E-state index is 13.3. The molecule has 0 unspecified atom stereocenters. The molecule has 4 aromatic rings. The number of ether oxygens (including phenoxy) is 1. The molecular formula is C37H42ClN5O6S2. The quantitative estimate of drug-likeness (QED) is 0.0741. The largest absolute Gasteiger partial charge is 0.376 e. The SMILES string of the molecule is COC1(c2ccccc2Cl)CCN(c2ccc(C(=O)NS(=O)(=O)c3ccc(N[C@H](CCN(C)C)CSc4ccccc4)c([N+](=O)[O-])c3)cc2)CC1. The fourth-order valence-corrected chi connectivity index (χ4v) is 8.40. The van der Waals surface area contributed by atoms with Gasteiger partial charge >= 0.3 is 0 Å². The molecular weight excluding hydrogens is 710 g/mol. The van der Waals surface area contributed by atoms with Gasteiger partial charge < -0.3 is 19.9 Å². The topological polar surface area (TPSA) is 134 Å². The van der Waals surface area contributed by atoms with Crippen molar-refractivity contribution in [2.24, 2.45) is 0 Å². The number of nitrogens with one attached hydrogen (secondary N) is 2. The highest BCUT2D eigenvalue weighted by molar-refractivity contribution is 7.99. The van der Waals surface area contributed by atoms with Gasteiger partial charge in [-0.3, -0.25) is 14.9 Å². The van der Waals surface area contributed by atoms with Crippen molar-refractivity contribution in [3.8, 4) is 0 Å². The third-order valence-electron chi connectivity index (χ3n) is 9.00. The lowest BCUT2D eigenvalue weighted by molar-refractivity contribution is -0.384. The van der Waals surface area contributed by atoms with Crippen LogP contribution in [-0.4, -0.2) is 76.8 Å². The second-order valence-electron chi connectivity index (χ2n) is 12.6. The zero-order valence-electron chi connectivity index (χ0n) is 28.8. The van der Waals surface area contributed by atoms with Crippen molar-refractivity contribution in [1.29, 1.82) is 0 Å². The molecule has 0 radical (unpaired) electrons. The summed E-state index contributed by atoms with van der Waals surface area (Å²) in [4.78, 5) is 29.5. The van der Waals surface area contributed by atoms with E-state index in [0.717, 1.165) is 28.8 Å². The third kappa shape index (κ3) is 9.60. The van der Waals surface area contributed by atoms with Gasteiger partial charge in [-0.1, -0.05) is 48.0 Å². The number of hydrogen-bond acceptors (Lipinski definition) is 10. The number of amides is 1. The van der Waals surface area contributed by atoms with Crippen LogP contribution in [0.25, 0.3) is 0 Å². The Balaban J connectivity index is 1.24. The Morgan fingerprint density at radius 2 is 1.69 bits per heavy atom. The van der Waals surface area contributed by atoms with Crippen molar-refractivity contribution in [2.45, 2.75) is 40.7 Å². The number of carbonyl (C=O) groups is 1. The minimum absolute atomic E-state index is 0.133. The van der Waals surface area contributed by atoms with Crippen LogP contribution in [0.5, 0.6) is 0 Å². The molecule has 0 bridgehead atoms. The summed E-state index contributed by atoms with van der Waals surface area (Å²) >= 11 is 8.12. The summed E-state index contributed by atoms with van der Waals surface area (Å²) in [6, 6.07) is 27.7. The number of nitro benzene ring substituents is 1. The van der Waals surface area contributed by atoms with Crippen LogP contribution in [0, 0.1) is 10.1 Å². The predicted molar refractivity (Wildman–Crippen MR) is 204 cm³/mol. The highest BCUT2D eigenvalue weighted by Crippen LogP contribution is 2.40. The van der Waals surface area contributed by atoms with Crippen molar-refractivity contribution in [3.05, 3.63) is 123 Å². The van der Waals surface area contributed by atoms with Gasteiger partial charge in [0.05, 0.1) is 15.4 Å². The second kappa shape index (κ2) is 16.9. The molecule has 0 aliphatic carbocycles. The molecule has 1 aliphatic rings. The summed E-state index contributed by atoms with van der Waals surface area (Å²) in [6.45, 7) is 2.12. The molecule has 1 fully saturated rings. The first-order valence-electron chi connectivity index (χ1n) is 16.5. The Kier molecular flexibility index (Phi) is 12.6. The van der Waals surface area contributed by atoms with Gasteiger partial charge in [0.1, 0.15) is 5.69 Å². The number of rotatable bonds is 15. The van der Waals surface area contributed by atoms with E-state index in [4.69, 9.17) is 16.3 Å². The number of nitrogens with zero attached hydrogens (tertiary/aromatic N) is 3.